The van der Waals surface area contributed by atoms with Crippen LogP contribution in [0.25, 0.3) is 11.4 Å². The highest BCUT2D eigenvalue weighted by Gasteiger charge is 2.24. The highest BCUT2D eigenvalue weighted by molar-refractivity contribution is 5.85. The van der Waals surface area contributed by atoms with Gasteiger partial charge >= 0.3 is 0 Å². The summed E-state index contributed by atoms with van der Waals surface area (Å²) in [6.07, 6.45) is 7.36. The first-order valence-electron chi connectivity index (χ1n) is 6.89. The molecule has 3 rings (SSSR count). The van der Waals surface area contributed by atoms with Crippen molar-refractivity contribution in [2.45, 2.75) is 37.8 Å². The van der Waals surface area contributed by atoms with Gasteiger partial charge in [-0.2, -0.15) is 0 Å². The van der Waals surface area contributed by atoms with Crippen molar-refractivity contribution in [2.75, 3.05) is 0 Å². The summed E-state index contributed by atoms with van der Waals surface area (Å²) in [5, 5.41) is 0. The highest BCUT2D eigenvalue weighted by Crippen LogP contribution is 2.32. The maximum absolute atomic E-state index is 13.9. The van der Waals surface area contributed by atoms with Crippen LogP contribution in [0.2, 0.25) is 0 Å². The molecule has 2 N–H and O–H groups in total. The maximum Gasteiger partial charge on any atom is 0.169 e. The lowest BCUT2D eigenvalue weighted by Crippen LogP contribution is -2.29. The van der Waals surface area contributed by atoms with Gasteiger partial charge in [-0.15, -0.1) is 24.8 Å². The molecule has 0 radical (unpaired) electrons. The molecule has 0 unspecified atom stereocenters. The number of nitrogens with zero attached hydrogens (tertiary/aromatic N) is 2. The minimum atomic E-state index is -0.850. The Hall–Kier alpha value is -1.17. The molecule has 0 saturated heterocycles. The zero-order chi connectivity index (χ0) is 14.1. The number of hydrogen-bond donors (Lipinski definition) is 1. The van der Waals surface area contributed by atoms with Gasteiger partial charge in [0.1, 0.15) is 5.82 Å². The van der Waals surface area contributed by atoms with Gasteiger partial charge in [0, 0.05) is 24.5 Å². The van der Waals surface area contributed by atoms with Gasteiger partial charge in [-0.3, -0.25) is 0 Å². The number of benzene rings is 1. The average Bonchev–Trinajstić information content (AvgIpc) is 2.91. The molecular formula is C15H19Cl2F2N3. The Kier molecular flexibility index (Phi) is 6.78. The maximum atomic E-state index is 13.9. The van der Waals surface area contributed by atoms with Crippen LogP contribution in [-0.2, 0) is 0 Å². The third-order valence-electron chi connectivity index (χ3n) is 3.94. The zero-order valence-electron chi connectivity index (χ0n) is 11.9. The second kappa shape index (κ2) is 7.90. The van der Waals surface area contributed by atoms with Gasteiger partial charge in [0.05, 0.1) is 5.56 Å². The highest BCUT2D eigenvalue weighted by atomic mass is 35.5. The van der Waals surface area contributed by atoms with Gasteiger partial charge in [-0.05, 0) is 37.8 Å². The predicted octanol–water partition coefficient (Wildman–Crippen LogP) is 4.11. The first-order chi connectivity index (χ1) is 9.66. The summed E-state index contributed by atoms with van der Waals surface area (Å²) in [6, 6.07) is 4.54. The van der Waals surface area contributed by atoms with Crippen LogP contribution < -0.4 is 5.73 Å². The van der Waals surface area contributed by atoms with E-state index in [0.717, 1.165) is 31.7 Å². The lowest BCUT2D eigenvalue weighted by Gasteiger charge is -2.28. The van der Waals surface area contributed by atoms with Crippen LogP contribution in [0.1, 0.15) is 31.7 Å². The van der Waals surface area contributed by atoms with E-state index in [2.05, 4.69) is 4.98 Å². The van der Waals surface area contributed by atoms with E-state index < -0.39 is 11.6 Å². The van der Waals surface area contributed by atoms with Crippen LogP contribution in [0.4, 0.5) is 8.78 Å². The quantitative estimate of drug-likeness (QED) is 0.886. The van der Waals surface area contributed by atoms with E-state index in [-0.39, 0.29) is 42.5 Å². The first-order valence-corrected chi connectivity index (χ1v) is 6.89. The normalized spacial score (nSPS) is 20.9. The Balaban J connectivity index is 0.00000121. The van der Waals surface area contributed by atoms with Crippen LogP contribution in [-0.4, -0.2) is 15.6 Å². The van der Waals surface area contributed by atoms with Gasteiger partial charge in [0.2, 0.25) is 0 Å². The van der Waals surface area contributed by atoms with Gasteiger partial charge in [-0.1, -0.05) is 6.07 Å². The molecule has 1 fully saturated rings. The van der Waals surface area contributed by atoms with Gasteiger partial charge < -0.3 is 10.3 Å². The summed E-state index contributed by atoms with van der Waals surface area (Å²) in [4.78, 5) is 4.20. The number of rotatable bonds is 2. The van der Waals surface area contributed by atoms with Crippen molar-refractivity contribution in [1.82, 2.24) is 9.55 Å². The number of aromatic nitrogens is 2. The third-order valence-corrected chi connectivity index (χ3v) is 3.94. The molecule has 3 nitrogen and oxygen atoms in total. The summed E-state index contributed by atoms with van der Waals surface area (Å²) in [5.74, 6) is -1.22. The molecule has 0 aliphatic heterocycles. The Morgan fingerprint density at radius 3 is 2.68 bits per heavy atom. The van der Waals surface area contributed by atoms with Crippen LogP contribution in [0.3, 0.4) is 0 Å². The predicted molar refractivity (Wildman–Crippen MR) is 87.6 cm³/mol. The lowest BCUT2D eigenvalue weighted by atomic mass is 9.91. The fraction of sp³-hybridized carbons (Fsp3) is 0.400. The van der Waals surface area contributed by atoms with Gasteiger partial charge in [-0.25, -0.2) is 13.8 Å². The average molecular weight is 350 g/mol. The van der Waals surface area contributed by atoms with Crippen LogP contribution in [0.15, 0.2) is 30.6 Å². The molecular weight excluding hydrogens is 331 g/mol. The van der Waals surface area contributed by atoms with Crippen LogP contribution >= 0.6 is 24.8 Å². The Labute approximate surface area is 140 Å². The van der Waals surface area contributed by atoms with E-state index in [1.807, 2.05) is 10.8 Å². The Morgan fingerprint density at radius 2 is 1.95 bits per heavy atom. The van der Waals surface area contributed by atoms with E-state index in [1.54, 1.807) is 12.3 Å². The molecule has 2 atom stereocenters. The zero-order valence-corrected chi connectivity index (χ0v) is 13.5. The van der Waals surface area contributed by atoms with Crippen molar-refractivity contribution < 1.29 is 8.78 Å². The molecule has 0 spiro atoms. The molecule has 7 heteroatoms. The molecule has 122 valence electrons. The molecule has 1 saturated carbocycles. The van der Waals surface area contributed by atoms with Crippen LogP contribution in [0.5, 0.6) is 0 Å². The second-order valence-electron chi connectivity index (χ2n) is 5.34. The molecule has 1 aliphatic rings. The van der Waals surface area contributed by atoms with Crippen molar-refractivity contribution in [3.63, 3.8) is 0 Å². The number of nitrogens with two attached hydrogens (primary N) is 1. The van der Waals surface area contributed by atoms with Gasteiger partial charge in [0.15, 0.2) is 11.6 Å². The number of imidazole rings is 1. The monoisotopic (exact) mass is 349 g/mol. The largest absolute Gasteiger partial charge is 0.328 e. The van der Waals surface area contributed by atoms with E-state index in [9.17, 15) is 8.78 Å². The molecule has 1 aliphatic carbocycles. The van der Waals surface area contributed by atoms with E-state index in [0.29, 0.717) is 5.82 Å². The fourth-order valence-corrected chi connectivity index (χ4v) is 2.95. The number of halogens is 4. The molecule has 1 aromatic heterocycles. The van der Waals surface area contributed by atoms with Crippen molar-refractivity contribution >= 4 is 24.8 Å². The topological polar surface area (TPSA) is 43.8 Å². The second-order valence-corrected chi connectivity index (χ2v) is 5.34. The minimum Gasteiger partial charge on any atom is -0.328 e. The Morgan fingerprint density at radius 1 is 1.18 bits per heavy atom. The molecule has 2 aromatic rings. The Bertz CT molecular complexity index is 619. The fourth-order valence-electron chi connectivity index (χ4n) is 2.95. The van der Waals surface area contributed by atoms with E-state index >= 15 is 0 Å². The number of hydrogen-bond acceptors (Lipinski definition) is 2. The summed E-state index contributed by atoms with van der Waals surface area (Å²) < 4.78 is 29.2. The van der Waals surface area contributed by atoms with Crippen LogP contribution in [0, 0.1) is 11.6 Å². The van der Waals surface area contributed by atoms with E-state index in [4.69, 9.17) is 5.73 Å². The molecule has 22 heavy (non-hydrogen) atoms. The third kappa shape index (κ3) is 3.59. The van der Waals surface area contributed by atoms with Crippen molar-refractivity contribution in [1.29, 1.82) is 0 Å². The smallest absolute Gasteiger partial charge is 0.169 e. The lowest BCUT2D eigenvalue weighted by molar-refractivity contribution is 0.321. The molecule has 0 amide bonds. The summed E-state index contributed by atoms with van der Waals surface area (Å²) >= 11 is 0. The SMILES string of the molecule is Cl.Cl.N[C@H]1CCC[C@@H](n2ccnc2-c2cccc(F)c2F)C1. The summed E-state index contributed by atoms with van der Waals surface area (Å²) in [5.41, 5.74) is 6.21. The standard InChI is InChI=1S/C15H17F2N3.2ClH/c16-13-6-2-5-12(14(13)17)15-19-7-8-20(15)11-4-1-3-10(18)9-11;;/h2,5-8,10-11H,1,3-4,9,18H2;2*1H/t10-,11+;;/m0../s1. The minimum absolute atomic E-state index is 0. The van der Waals surface area contributed by atoms with Crippen molar-refractivity contribution in [2.24, 2.45) is 5.73 Å². The molecule has 0 bridgehead atoms. The van der Waals surface area contributed by atoms with E-state index in [1.165, 1.54) is 6.07 Å². The van der Waals surface area contributed by atoms with Gasteiger partial charge in [0.25, 0.3) is 0 Å². The molecule has 1 aromatic carbocycles. The summed E-state index contributed by atoms with van der Waals surface area (Å²) in [6.45, 7) is 0. The summed E-state index contributed by atoms with van der Waals surface area (Å²) in [7, 11) is 0. The molecule has 1 heterocycles. The van der Waals surface area contributed by atoms with Crippen molar-refractivity contribution in [3.05, 3.63) is 42.2 Å². The first kappa shape index (κ1) is 18.9. The van der Waals surface area contributed by atoms with Crippen molar-refractivity contribution in [3.8, 4) is 11.4 Å².